The predicted octanol–water partition coefficient (Wildman–Crippen LogP) is 12.1. The molecule has 27 nitrogen and oxygen atoms in total. The van der Waals surface area contributed by atoms with E-state index in [2.05, 4.69) is 73.7 Å². The number of anilines is 2. The molecule has 6 heterocycles. The van der Waals surface area contributed by atoms with Crippen molar-refractivity contribution in [2.24, 2.45) is 11.7 Å². The quantitative estimate of drug-likeness (QED) is 0.0142. The Morgan fingerprint density at radius 2 is 1.24 bits per heavy atom. The zero-order valence-corrected chi connectivity index (χ0v) is 61.2. The van der Waals surface area contributed by atoms with Gasteiger partial charge in [-0.2, -0.15) is 0 Å². The summed E-state index contributed by atoms with van der Waals surface area (Å²) in [5, 5.41) is 28.0. The number of nitrogens with two attached hydrogens (primary N) is 1. The SMILES string of the molecule is COc1ccc(C(OCC2O[C@@H](n3cnc4c(NC(=O)c5ccc(CCC(O)CCC(C)C)cc5)ncnc43)CC2OP(=O)(OCCCN)OCC2OC(n3cnc4c(NC(=O)CCCN(C)C(=O)OCC5c6ccccc6-c6ccccc65)ncnc43)CC2O)(c2ccccc2)c2ccc(OC)cc2)cc1. The molecule has 0 bridgehead atoms. The lowest BCUT2D eigenvalue weighted by Gasteiger charge is -2.37. The molecule has 4 aromatic heterocycles. The van der Waals surface area contributed by atoms with E-state index in [1.807, 2.05) is 115 Å². The zero-order valence-electron chi connectivity index (χ0n) is 60.3. The number of aliphatic hydroxyl groups is 2. The van der Waals surface area contributed by atoms with E-state index in [1.54, 1.807) is 42.5 Å². The molecule has 10 aromatic rings. The van der Waals surface area contributed by atoms with Crippen molar-refractivity contribution in [3.8, 4) is 22.6 Å². The number of benzene rings is 6. The summed E-state index contributed by atoms with van der Waals surface area (Å²) < 4.78 is 75.8. The molecule has 2 saturated heterocycles. The second-order valence-electron chi connectivity index (χ2n) is 27.3. The molecule has 0 saturated carbocycles. The van der Waals surface area contributed by atoms with E-state index in [-0.39, 0.29) is 93.1 Å². The van der Waals surface area contributed by atoms with Gasteiger partial charge in [0, 0.05) is 44.3 Å². The number of amides is 3. The fourth-order valence-electron chi connectivity index (χ4n) is 13.9. The highest BCUT2D eigenvalue weighted by Crippen LogP contribution is 2.55. The van der Waals surface area contributed by atoms with E-state index in [9.17, 15) is 24.6 Å². The van der Waals surface area contributed by atoms with Crippen LogP contribution in [0.2, 0.25) is 0 Å². The molecule has 7 unspecified atom stereocenters. The maximum absolute atomic E-state index is 15.6. The first-order chi connectivity index (χ1) is 52.0. The molecule has 560 valence electrons. The molecule has 8 atom stereocenters. The van der Waals surface area contributed by atoms with Crippen molar-refractivity contribution in [2.45, 2.75) is 126 Å². The van der Waals surface area contributed by atoms with Gasteiger partial charge in [-0.05, 0) is 132 Å². The van der Waals surface area contributed by atoms with Crippen molar-refractivity contribution in [1.82, 2.24) is 43.9 Å². The van der Waals surface area contributed by atoms with E-state index < -0.39 is 75.0 Å². The molecule has 6 N–H and O–H groups in total. The Balaban J connectivity index is 0.707. The highest BCUT2D eigenvalue weighted by atomic mass is 31.2. The molecule has 6 aromatic carbocycles. The van der Waals surface area contributed by atoms with E-state index in [4.69, 9.17) is 52.7 Å². The van der Waals surface area contributed by atoms with Crippen LogP contribution >= 0.6 is 7.82 Å². The number of hydrogen-bond acceptors (Lipinski definition) is 22. The van der Waals surface area contributed by atoms with Gasteiger partial charge in [-0.25, -0.2) is 39.3 Å². The van der Waals surface area contributed by atoms with E-state index in [1.165, 1.54) is 30.2 Å². The third-order valence-corrected chi connectivity index (χ3v) is 21.2. The summed E-state index contributed by atoms with van der Waals surface area (Å²) in [5.41, 5.74) is 13.8. The molecule has 2 aliphatic heterocycles. The molecule has 3 amide bonds. The Hall–Kier alpha value is -9.90. The van der Waals surface area contributed by atoms with Crippen molar-refractivity contribution in [3.63, 3.8) is 0 Å². The summed E-state index contributed by atoms with van der Waals surface area (Å²) in [6.45, 7) is 4.05. The monoisotopic (exact) mass is 1480 g/mol. The number of phosphoric acid groups is 1. The first kappa shape index (κ1) is 75.3. The first-order valence-corrected chi connectivity index (χ1v) is 37.5. The number of imidazole rings is 2. The third kappa shape index (κ3) is 17.3. The molecule has 13 rings (SSSR count). The average molecular weight is 1480 g/mol. The van der Waals surface area contributed by atoms with Crippen molar-refractivity contribution in [2.75, 3.05) is 71.4 Å². The van der Waals surface area contributed by atoms with Gasteiger partial charge in [-0.15, -0.1) is 0 Å². The first-order valence-electron chi connectivity index (χ1n) is 36.1. The lowest BCUT2D eigenvalue weighted by atomic mass is 9.80. The summed E-state index contributed by atoms with van der Waals surface area (Å²) in [5.74, 6) is 1.15. The van der Waals surface area contributed by atoms with Crippen LogP contribution in [-0.4, -0.2) is 163 Å². The van der Waals surface area contributed by atoms with Crippen molar-refractivity contribution in [3.05, 3.63) is 216 Å². The van der Waals surface area contributed by atoms with Gasteiger partial charge < -0.3 is 59.9 Å². The number of fused-ring (bicyclic) bond motifs is 5. The van der Waals surface area contributed by atoms with Gasteiger partial charge in [0.05, 0.1) is 58.9 Å². The van der Waals surface area contributed by atoms with Crippen LogP contribution in [0.3, 0.4) is 0 Å². The molecule has 107 heavy (non-hydrogen) atoms. The van der Waals surface area contributed by atoms with Crippen LogP contribution in [0.4, 0.5) is 16.4 Å². The number of ether oxygens (including phenoxy) is 6. The molecular formula is C79H89N12O15P. The molecule has 28 heteroatoms. The van der Waals surface area contributed by atoms with Gasteiger partial charge in [0.15, 0.2) is 34.0 Å². The summed E-state index contributed by atoms with van der Waals surface area (Å²) in [4.78, 5) is 69.2. The number of nitrogens with zero attached hydrogens (tertiary/aromatic N) is 9. The number of aliphatic hydroxyl groups excluding tert-OH is 2. The zero-order chi connectivity index (χ0) is 74.6. The number of aryl methyl sites for hydroxylation is 1. The summed E-state index contributed by atoms with van der Waals surface area (Å²) in [6.07, 6.45) is 2.04. The summed E-state index contributed by atoms with van der Waals surface area (Å²) in [6, 6.07) is 48.3. The normalized spacial score (nSPS) is 18.6. The maximum atomic E-state index is 15.6. The van der Waals surface area contributed by atoms with Gasteiger partial charge in [0.1, 0.15) is 67.1 Å². The molecule has 2 fully saturated rings. The van der Waals surface area contributed by atoms with E-state index in [0.717, 1.165) is 57.3 Å². The number of rotatable bonds is 34. The van der Waals surface area contributed by atoms with Crippen LogP contribution in [0.15, 0.2) is 177 Å². The molecule has 1 aliphatic carbocycles. The lowest BCUT2D eigenvalue weighted by molar-refractivity contribution is -0.116. The predicted molar refractivity (Wildman–Crippen MR) is 398 cm³/mol. The largest absolute Gasteiger partial charge is 0.497 e. The third-order valence-electron chi connectivity index (χ3n) is 19.7. The second-order valence-corrected chi connectivity index (χ2v) is 28.9. The number of hydrogen-bond donors (Lipinski definition) is 5. The van der Waals surface area contributed by atoms with Gasteiger partial charge in [-0.1, -0.05) is 129 Å². The maximum Gasteiger partial charge on any atom is 0.475 e. The molecule has 0 spiro atoms. The standard InChI is InChI=1S/C79H89N12O15P/c1-50(2)22-32-56(92)33-25-51-23-26-52(27-24-51)77(95)88-74-72-76(84-47-82-74)91(49-86-72)70-42-65(67(105-70)44-101-79(53-15-7-6-8-16-53,54-28-34-57(98-4)35-29-54)55-30-36-58(99-5)37-31-55)106-107(97,102-40-14-38-80)103-45-66-64(93)41-69(104-66)90-48-85-71-73(81-46-83-75(71)90)87-68(94)21-13-39-89(3)78(96)100-43-63-61-19-11-9-17-59(61)60-18-10-12-20-62(60)63/h6-12,15-20,23-24,26-31,34-37,46-50,56,63-67,69-70,92-93H,13-14,21-22,25,32-33,38-45,80H2,1-5H3,(H,81,83,87,94)(H,82,84,88,95)/t56?,64?,65?,66?,67?,69?,70-,107?/m1/s1. The molecular weight excluding hydrogens is 1390 g/mol. The van der Waals surface area contributed by atoms with Gasteiger partial charge >= 0.3 is 13.9 Å². The van der Waals surface area contributed by atoms with Crippen molar-refractivity contribution < 1.29 is 71.2 Å². The number of nitrogens with one attached hydrogen (secondary N) is 2. The van der Waals surface area contributed by atoms with Crippen LogP contribution in [0.5, 0.6) is 11.5 Å². The minimum Gasteiger partial charge on any atom is -0.497 e. The Morgan fingerprint density at radius 3 is 1.85 bits per heavy atom. The summed E-state index contributed by atoms with van der Waals surface area (Å²) in [7, 11) is 0.115. The van der Waals surface area contributed by atoms with Gasteiger partial charge in [0.2, 0.25) is 5.91 Å². The minimum atomic E-state index is -4.70. The minimum absolute atomic E-state index is 0.00702. The van der Waals surface area contributed by atoms with Crippen LogP contribution in [0, 0.1) is 5.92 Å². The Bertz CT molecular complexity index is 4630. The molecule has 0 radical (unpaired) electrons. The van der Waals surface area contributed by atoms with Gasteiger partial charge in [0.25, 0.3) is 5.91 Å². The summed E-state index contributed by atoms with van der Waals surface area (Å²) >= 11 is 0. The van der Waals surface area contributed by atoms with Gasteiger partial charge in [-0.3, -0.25) is 32.3 Å². The number of carbonyl (C=O) groups is 3. The average Bonchev–Trinajstić information content (AvgIpc) is 1.75. The molecule has 3 aliphatic rings. The fourth-order valence-corrected chi connectivity index (χ4v) is 15.4. The van der Waals surface area contributed by atoms with Crippen LogP contribution in [0.25, 0.3) is 33.5 Å². The van der Waals surface area contributed by atoms with Crippen molar-refractivity contribution in [1.29, 1.82) is 0 Å². The van der Waals surface area contributed by atoms with Crippen LogP contribution in [0.1, 0.15) is 127 Å². The Morgan fingerprint density at radius 1 is 0.664 bits per heavy atom. The van der Waals surface area contributed by atoms with E-state index >= 15 is 4.57 Å². The number of phosphoric ester groups is 1. The number of aromatic nitrogens is 8. The number of methoxy groups -OCH3 is 2. The highest BCUT2D eigenvalue weighted by Gasteiger charge is 2.48. The van der Waals surface area contributed by atoms with Crippen LogP contribution < -0.4 is 25.8 Å². The Kier molecular flexibility index (Phi) is 24.2. The number of carbonyl (C=O) groups excluding carboxylic acids is 3. The fraction of sp³-hybridized carbons (Fsp3) is 0.380. The second kappa shape index (κ2) is 34.3. The highest BCUT2D eigenvalue weighted by molar-refractivity contribution is 7.48. The van der Waals surface area contributed by atoms with E-state index in [0.29, 0.717) is 53.5 Å². The lowest BCUT2D eigenvalue weighted by Crippen LogP contribution is -2.38. The Labute approximate surface area is 619 Å². The van der Waals surface area contributed by atoms with Crippen molar-refractivity contribution >= 4 is 59.7 Å². The smallest absolute Gasteiger partial charge is 0.475 e. The van der Waals surface area contributed by atoms with Crippen LogP contribution in [-0.2, 0) is 53.9 Å². The topological polar surface area (TPSA) is 332 Å².